The third-order valence-electron chi connectivity index (χ3n) is 4.52. The van der Waals surface area contributed by atoms with Crippen molar-refractivity contribution in [2.45, 2.75) is 13.0 Å². The maximum atomic E-state index is 10.9. The summed E-state index contributed by atoms with van der Waals surface area (Å²) >= 11 is 0. The fourth-order valence-electron chi connectivity index (χ4n) is 3.13. The van der Waals surface area contributed by atoms with Crippen LogP contribution in [0.1, 0.15) is 22.7 Å². The van der Waals surface area contributed by atoms with Crippen molar-refractivity contribution in [3.8, 4) is 5.75 Å². The van der Waals surface area contributed by atoms with E-state index in [9.17, 15) is 5.11 Å². The number of hydrogen-bond acceptors (Lipinski definition) is 3. The average molecular weight is 342 g/mol. The van der Waals surface area contributed by atoms with Gasteiger partial charge in [-0.3, -0.25) is 0 Å². The molecular weight excluding hydrogens is 322 g/mol. The van der Waals surface area contributed by atoms with Crippen molar-refractivity contribution >= 4 is 16.7 Å². The van der Waals surface area contributed by atoms with Gasteiger partial charge in [-0.1, -0.05) is 42.0 Å². The minimum Gasteiger partial charge on any atom is -0.502 e. The van der Waals surface area contributed by atoms with E-state index >= 15 is 0 Å². The Morgan fingerprint density at radius 1 is 0.962 bits per heavy atom. The van der Waals surface area contributed by atoms with Gasteiger partial charge >= 0.3 is 0 Å². The first-order valence-corrected chi connectivity index (χ1v) is 8.59. The van der Waals surface area contributed by atoms with E-state index in [2.05, 4.69) is 46.5 Å². The van der Waals surface area contributed by atoms with Gasteiger partial charge in [0.2, 0.25) is 0 Å². The van der Waals surface area contributed by atoms with Crippen LogP contribution in [0.25, 0.3) is 10.9 Å². The number of nitrogens with one attached hydrogen (secondary N) is 2. The van der Waals surface area contributed by atoms with Gasteiger partial charge in [-0.05, 0) is 36.8 Å². The smallest absolute Gasteiger partial charge is 0.253 e. The SMILES string of the molecule is Cc1ccc(C(Nc2ccccn2)c2ccc3ccc[nH+]c3c2O)cc1. The molecule has 3 N–H and O–H groups in total. The topological polar surface area (TPSA) is 59.3 Å². The molecule has 26 heavy (non-hydrogen) atoms. The van der Waals surface area contributed by atoms with Gasteiger partial charge in [-0.2, -0.15) is 0 Å². The summed E-state index contributed by atoms with van der Waals surface area (Å²) in [5.41, 5.74) is 3.78. The number of rotatable bonds is 4. The van der Waals surface area contributed by atoms with Gasteiger partial charge in [-0.15, -0.1) is 0 Å². The Labute approximate surface area is 152 Å². The lowest BCUT2D eigenvalue weighted by Gasteiger charge is -2.21. The lowest BCUT2D eigenvalue weighted by molar-refractivity contribution is -0.345. The van der Waals surface area contributed by atoms with Crippen LogP contribution in [0.15, 0.2) is 79.1 Å². The molecule has 2 aromatic carbocycles. The number of fused-ring (bicyclic) bond motifs is 1. The fourth-order valence-corrected chi connectivity index (χ4v) is 3.13. The zero-order valence-electron chi connectivity index (χ0n) is 14.5. The molecule has 1 unspecified atom stereocenters. The molecular formula is C22H20N3O+. The maximum Gasteiger partial charge on any atom is 0.253 e. The van der Waals surface area contributed by atoms with E-state index in [1.807, 2.05) is 48.7 Å². The minimum absolute atomic E-state index is 0.219. The van der Waals surface area contributed by atoms with E-state index in [-0.39, 0.29) is 11.8 Å². The van der Waals surface area contributed by atoms with Crippen LogP contribution in [0.5, 0.6) is 5.75 Å². The molecule has 0 aliphatic carbocycles. The van der Waals surface area contributed by atoms with E-state index in [0.29, 0.717) is 0 Å². The number of aromatic hydroxyl groups is 1. The van der Waals surface area contributed by atoms with Crippen LogP contribution < -0.4 is 10.3 Å². The fraction of sp³-hybridized carbons (Fsp3) is 0.0909. The highest BCUT2D eigenvalue weighted by Crippen LogP contribution is 2.35. The highest BCUT2D eigenvalue weighted by Gasteiger charge is 2.22. The number of aryl methyl sites for hydroxylation is 1. The van der Waals surface area contributed by atoms with Crippen LogP contribution in [0.2, 0.25) is 0 Å². The summed E-state index contributed by atoms with van der Waals surface area (Å²) < 4.78 is 0. The molecule has 4 aromatic rings. The number of aromatic nitrogens is 2. The standard InChI is InChI=1S/C22H19N3O/c1-15-7-9-17(10-8-15)20(25-19-6-2-3-13-23-19)18-12-11-16-5-4-14-24-21(16)22(18)26/h2-14,20,26H,1H3,(H,23,25)/p+1. The summed E-state index contributed by atoms with van der Waals surface area (Å²) in [6, 6.07) is 21.7. The van der Waals surface area contributed by atoms with Gasteiger partial charge < -0.3 is 10.4 Å². The summed E-state index contributed by atoms with van der Waals surface area (Å²) in [4.78, 5) is 7.52. The Balaban J connectivity index is 1.84. The first-order valence-electron chi connectivity index (χ1n) is 8.59. The number of benzene rings is 2. The number of anilines is 1. The van der Waals surface area contributed by atoms with Crippen molar-refractivity contribution in [2.24, 2.45) is 0 Å². The van der Waals surface area contributed by atoms with E-state index in [1.165, 1.54) is 5.56 Å². The van der Waals surface area contributed by atoms with Crippen molar-refractivity contribution < 1.29 is 10.1 Å². The molecule has 2 aromatic heterocycles. The molecule has 4 nitrogen and oxygen atoms in total. The van der Waals surface area contributed by atoms with Gasteiger partial charge in [-0.25, -0.2) is 9.97 Å². The number of phenolic OH excluding ortho intramolecular Hbond substituents is 1. The Morgan fingerprint density at radius 2 is 1.81 bits per heavy atom. The van der Waals surface area contributed by atoms with Crippen molar-refractivity contribution in [1.82, 2.24) is 4.98 Å². The molecule has 1 atom stereocenters. The number of H-pyrrole nitrogens is 1. The van der Waals surface area contributed by atoms with Crippen LogP contribution in [0, 0.1) is 6.92 Å². The van der Waals surface area contributed by atoms with Crippen molar-refractivity contribution in [3.63, 3.8) is 0 Å². The lowest BCUT2D eigenvalue weighted by Crippen LogP contribution is -2.14. The summed E-state index contributed by atoms with van der Waals surface area (Å²) in [5.74, 6) is 1.01. The number of phenols is 1. The van der Waals surface area contributed by atoms with Crippen molar-refractivity contribution in [1.29, 1.82) is 0 Å². The van der Waals surface area contributed by atoms with E-state index in [0.717, 1.165) is 27.8 Å². The second-order valence-electron chi connectivity index (χ2n) is 6.34. The van der Waals surface area contributed by atoms with Gasteiger partial charge in [0.25, 0.3) is 5.52 Å². The molecule has 0 bridgehead atoms. The third-order valence-corrected chi connectivity index (χ3v) is 4.52. The first kappa shape index (κ1) is 16.1. The summed E-state index contributed by atoms with van der Waals surface area (Å²) in [5, 5.41) is 15.3. The molecule has 0 radical (unpaired) electrons. The second kappa shape index (κ2) is 6.84. The minimum atomic E-state index is -0.219. The van der Waals surface area contributed by atoms with Crippen LogP contribution in [0.3, 0.4) is 0 Å². The van der Waals surface area contributed by atoms with Crippen molar-refractivity contribution in [2.75, 3.05) is 5.32 Å². The number of nitrogens with zero attached hydrogens (tertiary/aromatic N) is 1. The van der Waals surface area contributed by atoms with E-state index < -0.39 is 0 Å². The zero-order chi connectivity index (χ0) is 17.9. The molecule has 4 rings (SSSR count). The monoisotopic (exact) mass is 342 g/mol. The molecule has 0 saturated carbocycles. The van der Waals surface area contributed by atoms with Crippen LogP contribution in [-0.4, -0.2) is 10.1 Å². The highest BCUT2D eigenvalue weighted by molar-refractivity contribution is 5.83. The first-order chi connectivity index (χ1) is 12.7. The lowest BCUT2D eigenvalue weighted by atomic mass is 9.95. The predicted octanol–water partition coefficient (Wildman–Crippen LogP) is 4.26. The normalized spacial score (nSPS) is 12.0. The Hall–Kier alpha value is -3.40. The van der Waals surface area contributed by atoms with Gasteiger partial charge in [0.05, 0.1) is 11.4 Å². The molecule has 0 spiro atoms. The molecule has 0 aliphatic rings. The quantitative estimate of drug-likeness (QED) is 0.582. The van der Waals surface area contributed by atoms with Crippen LogP contribution in [0.4, 0.5) is 5.82 Å². The zero-order valence-corrected chi connectivity index (χ0v) is 14.5. The molecule has 128 valence electrons. The summed E-state index contributed by atoms with van der Waals surface area (Å²) in [6.07, 6.45) is 3.57. The maximum absolute atomic E-state index is 10.9. The van der Waals surface area contributed by atoms with Gasteiger partial charge in [0, 0.05) is 17.8 Å². The molecule has 0 aliphatic heterocycles. The highest BCUT2D eigenvalue weighted by atomic mass is 16.3. The van der Waals surface area contributed by atoms with Crippen LogP contribution >= 0.6 is 0 Å². The van der Waals surface area contributed by atoms with Gasteiger partial charge in [0.15, 0.2) is 11.9 Å². The van der Waals surface area contributed by atoms with Crippen LogP contribution in [-0.2, 0) is 0 Å². The van der Waals surface area contributed by atoms with Gasteiger partial charge in [0.1, 0.15) is 5.82 Å². The molecule has 2 heterocycles. The Bertz CT molecular complexity index is 1030. The summed E-state index contributed by atoms with van der Waals surface area (Å²) in [7, 11) is 0. The largest absolute Gasteiger partial charge is 0.502 e. The molecule has 0 saturated heterocycles. The molecule has 4 heteroatoms. The predicted molar refractivity (Wildman–Crippen MR) is 103 cm³/mol. The average Bonchev–Trinajstić information content (AvgIpc) is 2.69. The van der Waals surface area contributed by atoms with E-state index in [1.54, 1.807) is 6.20 Å². The molecule has 0 amide bonds. The van der Waals surface area contributed by atoms with E-state index in [4.69, 9.17) is 0 Å². The molecule has 0 fully saturated rings. The number of aromatic amines is 1. The third kappa shape index (κ3) is 3.09. The Kier molecular flexibility index (Phi) is 4.23. The summed E-state index contributed by atoms with van der Waals surface area (Å²) in [6.45, 7) is 2.06. The Morgan fingerprint density at radius 3 is 2.58 bits per heavy atom. The number of pyridine rings is 2. The van der Waals surface area contributed by atoms with Crippen molar-refractivity contribution in [3.05, 3.63) is 95.8 Å². The second-order valence-corrected chi connectivity index (χ2v) is 6.34. The number of hydrogen-bond donors (Lipinski definition) is 2.